The highest BCUT2D eigenvalue weighted by Gasteiger charge is 2.19. The van der Waals surface area contributed by atoms with Crippen molar-refractivity contribution >= 4 is 15.9 Å². The summed E-state index contributed by atoms with van der Waals surface area (Å²) in [7, 11) is 1.53. The maximum Gasteiger partial charge on any atom is 0.213 e. The van der Waals surface area contributed by atoms with Crippen molar-refractivity contribution in [1.82, 2.24) is 4.98 Å². The Hall–Kier alpha value is -0.650. The first kappa shape index (κ1) is 12.4. The summed E-state index contributed by atoms with van der Waals surface area (Å²) in [5.41, 5.74) is 1.46. The number of aliphatic hydroxyl groups is 2. The van der Waals surface area contributed by atoms with Crippen LogP contribution in [0.2, 0.25) is 0 Å². The largest absolute Gasteiger partial charge is 0.481 e. The van der Waals surface area contributed by atoms with Gasteiger partial charge in [-0.1, -0.05) is 15.9 Å². The number of hydrogen-bond acceptors (Lipinski definition) is 4. The minimum atomic E-state index is -0.928. The van der Waals surface area contributed by atoms with Crippen LogP contribution in [0.1, 0.15) is 17.2 Å². The summed E-state index contributed by atoms with van der Waals surface area (Å²) in [4.78, 5) is 3.99. The molecule has 0 spiro atoms. The molecule has 1 aromatic rings. The molecule has 0 radical (unpaired) electrons. The summed E-state index contributed by atoms with van der Waals surface area (Å²) >= 11 is 3.11. The fraction of sp³-hybridized carbons (Fsp3) is 0.500. The molecule has 2 atom stereocenters. The van der Waals surface area contributed by atoms with Crippen LogP contribution in [0.4, 0.5) is 0 Å². The van der Waals surface area contributed by atoms with E-state index in [2.05, 4.69) is 20.9 Å². The molecule has 0 bridgehead atoms. The van der Waals surface area contributed by atoms with Crippen LogP contribution >= 0.6 is 15.9 Å². The predicted octanol–water partition coefficient (Wildman–Crippen LogP) is 1.19. The van der Waals surface area contributed by atoms with Gasteiger partial charge in [-0.05, 0) is 12.5 Å². The van der Waals surface area contributed by atoms with Crippen molar-refractivity contribution in [3.05, 3.63) is 23.4 Å². The highest BCUT2D eigenvalue weighted by atomic mass is 79.9. The van der Waals surface area contributed by atoms with Gasteiger partial charge < -0.3 is 14.9 Å². The molecule has 0 aliphatic heterocycles. The first-order valence-corrected chi connectivity index (χ1v) is 5.65. The Morgan fingerprint density at radius 1 is 1.53 bits per heavy atom. The second-order valence-corrected chi connectivity index (χ2v) is 3.90. The molecule has 1 rings (SSSR count). The highest BCUT2D eigenvalue weighted by molar-refractivity contribution is 9.09. The van der Waals surface area contributed by atoms with E-state index in [-0.39, 0.29) is 0 Å². The van der Waals surface area contributed by atoms with Crippen LogP contribution in [-0.2, 0) is 0 Å². The maximum atomic E-state index is 9.77. The van der Waals surface area contributed by atoms with Gasteiger partial charge in [0.25, 0.3) is 0 Å². The van der Waals surface area contributed by atoms with Gasteiger partial charge in [0.05, 0.1) is 13.2 Å². The zero-order valence-electron chi connectivity index (χ0n) is 8.64. The van der Waals surface area contributed by atoms with E-state index in [1.807, 2.05) is 6.92 Å². The lowest BCUT2D eigenvalue weighted by atomic mass is 10.0. The normalized spacial score (nSPS) is 14.7. The molecule has 1 heterocycles. The van der Waals surface area contributed by atoms with Crippen LogP contribution in [-0.4, -0.2) is 33.7 Å². The lowest BCUT2D eigenvalue weighted by Gasteiger charge is -2.17. The zero-order valence-corrected chi connectivity index (χ0v) is 10.2. The van der Waals surface area contributed by atoms with Crippen molar-refractivity contribution in [3.8, 4) is 5.88 Å². The van der Waals surface area contributed by atoms with Gasteiger partial charge in [0.1, 0.15) is 6.10 Å². The molecule has 0 aliphatic rings. The Balaban J connectivity index is 2.95. The maximum absolute atomic E-state index is 9.77. The molecule has 4 nitrogen and oxygen atoms in total. The van der Waals surface area contributed by atoms with Crippen molar-refractivity contribution in [2.75, 3.05) is 12.4 Å². The molecule has 84 valence electrons. The van der Waals surface area contributed by atoms with Crippen LogP contribution in [0.5, 0.6) is 5.88 Å². The van der Waals surface area contributed by atoms with E-state index in [0.717, 1.165) is 5.56 Å². The van der Waals surface area contributed by atoms with E-state index in [0.29, 0.717) is 16.8 Å². The molecular weight excluding hydrogens is 262 g/mol. The molecule has 0 saturated carbocycles. The summed E-state index contributed by atoms with van der Waals surface area (Å²) in [6.07, 6.45) is -0.244. The minimum Gasteiger partial charge on any atom is -0.481 e. The van der Waals surface area contributed by atoms with Crippen molar-refractivity contribution in [1.29, 1.82) is 0 Å². The number of rotatable bonds is 4. The second-order valence-electron chi connectivity index (χ2n) is 3.25. The third kappa shape index (κ3) is 2.90. The summed E-state index contributed by atoms with van der Waals surface area (Å²) in [5.74, 6) is 0.497. The number of aromatic nitrogens is 1. The molecule has 5 heteroatoms. The molecule has 2 unspecified atom stereocenters. The Morgan fingerprint density at radius 3 is 2.67 bits per heavy atom. The van der Waals surface area contributed by atoms with Gasteiger partial charge in [-0.3, -0.25) is 0 Å². The SMILES string of the molecule is COc1cc(C)c(C(O)C(O)CBr)cn1. The van der Waals surface area contributed by atoms with Crippen molar-refractivity contribution in [2.45, 2.75) is 19.1 Å². The molecule has 15 heavy (non-hydrogen) atoms. The first-order chi connectivity index (χ1) is 7.10. The zero-order chi connectivity index (χ0) is 11.4. The third-order valence-electron chi connectivity index (χ3n) is 2.18. The highest BCUT2D eigenvalue weighted by Crippen LogP contribution is 2.23. The van der Waals surface area contributed by atoms with Gasteiger partial charge in [0.2, 0.25) is 5.88 Å². The van der Waals surface area contributed by atoms with E-state index >= 15 is 0 Å². The van der Waals surface area contributed by atoms with Gasteiger partial charge in [-0.15, -0.1) is 0 Å². The number of ether oxygens (including phenoxy) is 1. The van der Waals surface area contributed by atoms with E-state index in [1.54, 1.807) is 6.07 Å². The van der Waals surface area contributed by atoms with Crippen LogP contribution in [0.3, 0.4) is 0 Å². The lowest BCUT2D eigenvalue weighted by molar-refractivity contribution is 0.0336. The lowest BCUT2D eigenvalue weighted by Crippen LogP contribution is -2.20. The topological polar surface area (TPSA) is 62.6 Å². The number of halogens is 1. The number of nitrogens with zero attached hydrogens (tertiary/aromatic N) is 1. The van der Waals surface area contributed by atoms with E-state index in [9.17, 15) is 10.2 Å². The number of hydrogen-bond donors (Lipinski definition) is 2. The predicted molar refractivity (Wildman–Crippen MR) is 60.3 cm³/mol. The summed E-state index contributed by atoms with van der Waals surface area (Å²) in [5, 5.41) is 19.6. The quantitative estimate of drug-likeness (QED) is 0.811. The van der Waals surface area contributed by atoms with Crippen LogP contribution in [0.25, 0.3) is 0 Å². The Morgan fingerprint density at radius 2 is 2.20 bits per heavy atom. The number of methoxy groups -OCH3 is 1. The molecular formula is C10H14BrNO3. The average molecular weight is 276 g/mol. The summed E-state index contributed by atoms with van der Waals surface area (Å²) < 4.78 is 4.95. The third-order valence-corrected chi connectivity index (χ3v) is 2.84. The van der Waals surface area contributed by atoms with E-state index < -0.39 is 12.2 Å². The molecule has 1 aromatic heterocycles. The smallest absolute Gasteiger partial charge is 0.213 e. The van der Waals surface area contributed by atoms with Crippen molar-refractivity contribution in [3.63, 3.8) is 0 Å². The van der Waals surface area contributed by atoms with Crippen LogP contribution in [0.15, 0.2) is 12.3 Å². The van der Waals surface area contributed by atoms with Crippen LogP contribution in [0, 0.1) is 6.92 Å². The van der Waals surface area contributed by atoms with Gasteiger partial charge in [0.15, 0.2) is 0 Å². The molecule has 2 N–H and O–H groups in total. The monoisotopic (exact) mass is 275 g/mol. The fourth-order valence-corrected chi connectivity index (χ4v) is 1.61. The standard InChI is InChI=1S/C10H14BrNO3/c1-6-3-9(15-2)12-5-7(6)10(14)8(13)4-11/h3,5,8,10,13-14H,4H2,1-2H3. The second kappa shape index (κ2) is 5.44. The number of aryl methyl sites for hydroxylation is 1. The van der Waals surface area contributed by atoms with E-state index in [1.165, 1.54) is 13.3 Å². The molecule has 0 saturated heterocycles. The molecule has 0 aliphatic carbocycles. The molecule has 0 fully saturated rings. The minimum absolute atomic E-state index is 0.319. The van der Waals surface area contributed by atoms with Gasteiger partial charge in [0, 0.05) is 23.2 Å². The first-order valence-electron chi connectivity index (χ1n) is 4.52. The van der Waals surface area contributed by atoms with Gasteiger partial charge in [-0.25, -0.2) is 4.98 Å². The van der Waals surface area contributed by atoms with Crippen molar-refractivity contribution in [2.24, 2.45) is 0 Å². The molecule has 0 aromatic carbocycles. The Kier molecular flexibility index (Phi) is 4.50. The Labute approximate surface area is 97.0 Å². The average Bonchev–Trinajstić information content (AvgIpc) is 2.26. The number of pyridine rings is 1. The fourth-order valence-electron chi connectivity index (χ4n) is 1.25. The Bertz CT molecular complexity index is 332. The van der Waals surface area contributed by atoms with Crippen molar-refractivity contribution < 1.29 is 14.9 Å². The van der Waals surface area contributed by atoms with Gasteiger partial charge in [-0.2, -0.15) is 0 Å². The van der Waals surface area contributed by atoms with E-state index in [4.69, 9.17) is 4.74 Å². The van der Waals surface area contributed by atoms with Crippen LogP contribution < -0.4 is 4.74 Å². The summed E-state index contributed by atoms with van der Waals surface area (Å²) in [6, 6.07) is 1.72. The molecule has 0 amide bonds. The summed E-state index contributed by atoms with van der Waals surface area (Å²) in [6.45, 7) is 1.84. The number of aliphatic hydroxyl groups excluding tert-OH is 2. The number of alkyl halides is 1. The van der Waals surface area contributed by atoms with Gasteiger partial charge >= 0.3 is 0 Å².